The van der Waals surface area contributed by atoms with Crippen molar-refractivity contribution in [1.29, 1.82) is 0 Å². The Morgan fingerprint density at radius 2 is 1.68 bits per heavy atom. The van der Waals surface area contributed by atoms with Gasteiger partial charge in [-0.1, -0.05) is 5.16 Å². The zero-order chi connectivity index (χ0) is 16.7. The van der Waals surface area contributed by atoms with Crippen molar-refractivity contribution in [3.8, 4) is 0 Å². The number of alkyl halides is 6. The van der Waals surface area contributed by atoms with Gasteiger partial charge in [-0.3, -0.25) is 4.79 Å². The molecule has 0 atom stereocenters. The summed E-state index contributed by atoms with van der Waals surface area (Å²) in [7, 11) is 0. The second-order valence-corrected chi connectivity index (χ2v) is 4.38. The molecule has 0 bridgehead atoms. The molecule has 0 spiro atoms. The van der Waals surface area contributed by atoms with Crippen LogP contribution < -0.4 is 0 Å². The third-order valence-electron chi connectivity index (χ3n) is 2.89. The van der Waals surface area contributed by atoms with Crippen LogP contribution in [0.15, 0.2) is 28.9 Å². The van der Waals surface area contributed by atoms with Crippen LogP contribution in [0.5, 0.6) is 0 Å². The van der Waals surface area contributed by atoms with Gasteiger partial charge in [0.25, 0.3) is 0 Å². The number of hydrogen-bond acceptors (Lipinski definition) is 3. The van der Waals surface area contributed by atoms with Crippen LogP contribution in [-0.4, -0.2) is 10.9 Å². The fourth-order valence-electron chi connectivity index (χ4n) is 1.81. The van der Waals surface area contributed by atoms with Crippen molar-refractivity contribution < 1.29 is 35.7 Å². The first-order valence-corrected chi connectivity index (χ1v) is 5.76. The van der Waals surface area contributed by atoms with Crippen molar-refractivity contribution in [1.82, 2.24) is 5.16 Å². The maximum Gasteiger partial charge on any atom is 0.417 e. The number of carbonyl (C=O) groups is 1. The number of nitrogens with zero attached hydrogens (tertiary/aromatic N) is 1. The van der Waals surface area contributed by atoms with Gasteiger partial charge in [0.05, 0.1) is 22.9 Å². The summed E-state index contributed by atoms with van der Waals surface area (Å²) in [6.07, 6.45) is -9.15. The Labute approximate surface area is 119 Å². The van der Waals surface area contributed by atoms with E-state index >= 15 is 0 Å². The monoisotopic (exact) mass is 323 g/mol. The minimum absolute atomic E-state index is 0.0296. The van der Waals surface area contributed by atoms with Crippen LogP contribution in [-0.2, 0) is 12.4 Å². The van der Waals surface area contributed by atoms with Crippen LogP contribution in [0.3, 0.4) is 0 Å². The maximum absolute atomic E-state index is 13.0. The Morgan fingerprint density at radius 3 is 2.14 bits per heavy atom. The molecule has 0 saturated heterocycles. The van der Waals surface area contributed by atoms with E-state index in [0.717, 1.165) is 6.20 Å². The lowest BCUT2D eigenvalue weighted by Gasteiger charge is -2.15. The second kappa shape index (κ2) is 5.15. The predicted octanol–water partition coefficient (Wildman–Crippen LogP) is 4.25. The lowest BCUT2D eigenvalue weighted by Crippen LogP contribution is -2.16. The van der Waals surface area contributed by atoms with Gasteiger partial charge in [0, 0.05) is 5.56 Å². The number of aryl methyl sites for hydroxylation is 1. The number of carbonyl (C=O) groups excluding carboxylic acids is 1. The van der Waals surface area contributed by atoms with E-state index in [1.54, 1.807) is 0 Å². The van der Waals surface area contributed by atoms with E-state index < -0.39 is 34.8 Å². The van der Waals surface area contributed by atoms with E-state index in [2.05, 4.69) is 9.68 Å². The minimum atomic E-state index is -5.11. The minimum Gasteiger partial charge on any atom is -0.361 e. The van der Waals surface area contributed by atoms with E-state index in [0.29, 0.717) is 12.1 Å². The lowest BCUT2D eigenvalue weighted by molar-refractivity contribution is -0.143. The maximum atomic E-state index is 13.0. The normalized spacial score (nSPS) is 12.5. The summed E-state index contributed by atoms with van der Waals surface area (Å²) in [5, 5.41) is 3.26. The van der Waals surface area contributed by atoms with Gasteiger partial charge in [0.1, 0.15) is 5.76 Å². The van der Waals surface area contributed by atoms with Crippen LogP contribution in [0, 0.1) is 6.92 Å². The highest BCUT2D eigenvalue weighted by atomic mass is 19.4. The molecule has 0 N–H and O–H groups in total. The summed E-state index contributed by atoms with van der Waals surface area (Å²) >= 11 is 0. The van der Waals surface area contributed by atoms with E-state index in [4.69, 9.17) is 0 Å². The van der Waals surface area contributed by atoms with Gasteiger partial charge in [-0.25, -0.2) is 0 Å². The molecule has 1 aromatic carbocycles. The molecule has 1 aromatic heterocycles. The molecule has 3 nitrogen and oxygen atoms in total. The van der Waals surface area contributed by atoms with Gasteiger partial charge >= 0.3 is 12.4 Å². The highest BCUT2D eigenvalue weighted by molar-refractivity contribution is 6.10. The summed E-state index contributed by atoms with van der Waals surface area (Å²) < 4.78 is 81.1. The molecule has 0 saturated carbocycles. The first kappa shape index (κ1) is 16.1. The predicted molar refractivity (Wildman–Crippen MR) is 61.1 cm³/mol. The fraction of sp³-hybridized carbons (Fsp3) is 0.231. The Hall–Kier alpha value is -2.32. The van der Waals surface area contributed by atoms with Crippen molar-refractivity contribution in [2.45, 2.75) is 19.3 Å². The van der Waals surface area contributed by atoms with Crippen molar-refractivity contribution in [2.24, 2.45) is 0 Å². The topological polar surface area (TPSA) is 43.1 Å². The molecule has 1 heterocycles. The fourth-order valence-corrected chi connectivity index (χ4v) is 1.81. The van der Waals surface area contributed by atoms with E-state index in [1.807, 2.05) is 0 Å². The third kappa shape index (κ3) is 2.97. The molecular formula is C13H7F6NO2. The van der Waals surface area contributed by atoms with Crippen LogP contribution in [0.2, 0.25) is 0 Å². The SMILES string of the molecule is Cc1oncc1C(=O)c1ccc(C(F)(F)F)cc1C(F)(F)F. The number of halogens is 6. The Morgan fingerprint density at radius 1 is 1.05 bits per heavy atom. The zero-order valence-electron chi connectivity index (χ0n) is 10.8. The number of benzene rings is 1. The molecule has 9 heteroatoms. The van der Waals surface area contributed by atoms with Crippen molar-refractivity contribution >= 4 is 5.78 Å². The molecule has 0 aliphatic carbocycles. The highest BCUT2D eigenvalue weighted by Crippen LogP contribution is 2.38. The number of aromatic nitrogens is 1. The molecule has 0 aliphatic rings. The van der Waals surface area contributed by atoms with Crippen LogP contribution in [0.4, 0.5) is 26.3 Å². The summed E-state index contributed by atoms with van der Waals surface area (Å²) in [4.78, 5) is 12.1. The van der Waals surface area contributed by atoms with E-state index in [9.17, 15) is 31.1 Å². The van der Waals surface area contributed by atoms with Crippen LogP contribution in [0.1, 0.15) is 32.8 Å². The average molecular weight is 323 g/mol. The first-order chi connectivity index (χ1) is 10.0. The molecular weight excluding hydrogens is 316 g/mol. The molecule has 0 fully saturated rings. The molecule has 2 aromatic rings. The van der Waals surface area contributed by atoms with Crippen LogP contribution >= 0.6 is 0 Å². The van der Waals surface area contributed by atoms with Crippen molar-refractivity contribution in [3.05, 3.63) is 52.4 Å². The van der Waals surface area contributed by atoms with Crippen molar-refractivity contribution in [3.63, 3.8) is 0 Å². The lowest BCUT2D eigenvalue weighted by atomic mass is 9.96. The Bertz CT molecular complexity index is 714. The standard InChI is InChI=1S/C13H7F6NO2/c1-6-9(5-20-22-6)11(21)8-3-2-7(12(14,15)16)4-10(8)13(17,18)19/h2-5H,1H3. The van der Waals surface area contributed by atoms with Gasteiger partial charge in [-0.2, -0.15) is 26.3 Å². The zero-order valence-corrected chi connectivity index (χ0v) is 10.8. The smallest absolute Gasteiger partial charge is 0.361 e. The number of rotatable bonds is 2. The Balaban J connectivity index is 2.62. The highest BCUT2D eigenvalue weighted by Gasteiger charge is 2.39. The molecule has 0 amide bonds. The molecule has 22 heavy (non-hydrogen) atoms. The van der Waals surface area contributed by atoms with Crippen molar-refractivity contribution in [2.75, 3.05) is 0 Å². The van der Waals surface area contributed by atoms with Gasteiger partial charge in [-0.15, -0.1) is 0 Å². The molecule has 2 rings (SSSR count). The second-order valence-electron chi connectivity index (χ2n) is 4.38. The quantitative estimate of drug-likeness (QED) is 0.613. The summed E-state index contributed by atoms with van der Waals surface area (Å²) in [6, 6.07) is 0.835. The molecule has 0 radical (unpaired) electrons. The number of hydrogen-bond donors (Lipinski definition) is 0. The molecule has 0 aliphatic heterocycles. The molecule has 118 valence electrons. The molecule has 0 unspecified atom stereocenters. The first-order valence-electron chi connectivity index (χ1n) is 5.76. The summed E-state index contributed by atoms with van der Waals surface area (Å²) in [5.41, 5.74) is -4.29. The summed E-state index contributed by atoms with van der Waals surface area (Å²) in [5.74, 6) is -1.14. The largest absolute Gasteiger partial charge is 0.417 e. The van der Waals surface area contributed by atoms with Gasteiger partial charge in [0.15, 0.2) is 5.78 Å². The van der Waals surface area contributed by atoms with Gasteiger partial charge in [-0.05, 0) is 25.1 Å². The average Bonchev–Trinajstić information content (AvgIpc) is 2.81. The summed E-state index contributed by atoms with van der Waals surface area (Å²) in [6.45, 7) is 1.30. The third-order valence-corrected chi connectivity index (χ3v) is 2.89. The number of ketones is 1. The Kier molecular flexibility index (Phi) is 3.76. The van der Waals surface area contributed by atoms with E-state index in [1.165, 1.54) is 6.92 Å². The van der Waals surface area contributed by atoms with E-state index in [-0.39, 0.29) is 17.4 Å². The van der Waals surface area contributed by atoms with Gasteiger partial charge in [0.2, 0.25) is 0 Å². The van der Waals surface area contributed by atoms with Gasteiger partial charge < -0.3 is 4.52 Å². The van der Waals surface area contributed by atoms with Crippen LogP contribution in [0.25, 0.3) is 0 Å².